The minimum absolute atomic E-state index is 0.0433. The molecule has 2 fully saturated rings. The molecule has 1 aromatic carbocycles. The van der Waals surface area contributed by atoms with Crippen LogP contribution in [0.4, 0.5) is 24.7 Å². The second-order valence-electron chi connectivity index (χ2n) is 9.37. The standard InChI is InChI=1S/C26H29F3N6O2/c1-2-22(36)35-9-3-4-18(15-35)23(26(27,28)29)32-19-7-5-17(6-8-19)21-14-20-24(33-21)30-16-31-25(20)34-10-12-37-13-11-34/h2,5-8,14,16,18,23,32H,1,3-4,9-13,15H2,(H,30,31,33)/t18-,23+/m1/s1. The Labute approximate surface area is 212 Å². The lowest BCUT2D eigenvalue weighted by atomic mass is 9.89. The van der Waals surface area contributed by atoms with Gasteiger partial charge in [0.2, 0.25) is 5.91 Å². The molecule has 2 aliphatic rings. The third-order valence-electron chi connectivity index (χ3n) is 7.00. The number of alkyl halides is 3. The van der Waals surface area contributed by atoms with Crippen LogP contribution >= 0.6 is 0 Å². The number of hydrogen-bond acceptors (Lipinski definition) is 6. The van der Waals surface area contributed by atoms with E-state index in [9.17, 15) is 18.0 Å². The fourth-order valence-electron chi connectivity index (χ4n) is 5.11. The van der Waals surface area contributed by atoms with Crippen molar-refractivity contribution in [1.82, 2.24) is 19.9 Å². The van der Waals surface area contributed by atoms with E-state index in [0.717, 1.165) is 41.6 Å². The van der Waals surface area contributed by atoms with Crippen molar-refractivity contribution in [2.24, 2.45) is 5.92 Å². The van der Waals surface area contributed by atoms with Crippen molar-refractivity contribution in [3.8, 4) is 11.3 Å². The molecule has 0 bridgehead atoms. The van der Waals surface area contributed by atoms with Crippen LogP contribution in [0.3, 0.4) is 0 Å². The maximum atomic E-state index is 14.0. The number of anilines is 2. The molecule has 196 valence electrons. The van der Waals surface area contributed by atoms with Crippen molar-refractivity contribution in [2.45, 2.75) is 25.1 Å². The Kier molecular flexibility index (Phi) is 7.05. The highest BCUT2D eigenvalue weighted by Crippen LogP contribution is 2.35. The number of amides is 1. The highest BCUT2D eigenvalue weighted by Gasteiger charge is 2.46. The zero-order valence-corrected chi connectivity index (χ0v) is 20.3. The van der Waals surface area contributed by atoms with E-state index in [2.05, 4.69) is 31.7 Å². The van der Waals surface area contributed by atoms with Gasteiger partial charge in [-0.3, -0.25) is 4.79 Å². The zero-order chi connectivity index (χ0) is 26.0. The Hall–Kier alpha value is -3.60. The van der Waals surface area contributed by atoms with Crippen LogP contribution in [0.15, 0.2) is 49.3 Å². The average Bonchev–Trinajstić information content (AvgIpc) is 3.36. The summed E-state index contributed by atoms with van der Waals surface area (Å²) in [6.45, 7) is 6.71. The summed E-state index contributed by atoms with van der Waals surface area (Å²) in [5.41, 5.74) is 2.68. The molecular weight excluding hydrogens is 485 g/mol. The first kappa shape index (κ1) is 25.1. The minimum atomic E-state index is -4.46. The van der Waals surface area contributed by atoms with Gasteiger partial charge in [-0.05, 0) is 42.7 Å². The molecule has 4 heterocycles. The third kappa shape index (κ3) is 5.41. The Morgan fingerprint density at radius 3 is 2.65 bits per heavy atom. The number of halogens is 3. The number of morpholine rings is 1. The number of benzene rings is 1. The maximum absolute atomic E-state index is 14.0. The number of aromatic nitrogens is 3. The lowest BCUT2D eigenvalue weighted by Crippen LogP contribution is -2.50. The van der Waals surface area contributed by atoms with Gasteiger partial charge in [0.15, 0.2) is 0 Å². The molecule has 2 aromatic heterocycles. The summed E-state index contributed by atoms with van der Waals surface area (Å²) in [5, 5.41) is 3.57. The molecule has 2 atom stereocenters. The number of ether oxygens (including phenoxy) is 1. The number of piperidine rings is 1. The van der Waals surface area contributed by atoms with Crippen molar-refractivity contribution in [1.29, 1.82) is 0 Å². The molecule has 3 aromatic rings. The van der Waals surface area contributed by atoms with Crippen molar-refractivity contribution in [3.05, 3.63) is 49.3 Å². The van der Waals surface area contributed by atoms with Crippen LogP contribution in [-0.2, 0) is 9.53 Å². The fraction of sp³-hybridized carbons (Fsp3) is 0.423. The molecule has 1 amide bonds. The molecule has 0 aliphatic carbocycles. The van der Waals surface area contributed by atoms with Gasteiger partial charge >= 0.3 is 6.18 Å². The van der Waals surface area contributed by atoms with Crippen LogP contribution in [0.25, 0.3) is 22.3 Å². The first-order valence-electron chi connectivity index (χ1n) is 12.3. The first-order valence-corrected chi connectivity index (χ1v) is 12.3. The molecule has 0 saturated carbocycles. The van der Waals surface area contributed by atoms with Crippen LogP contribution in [0.1, 0.15) is 12.8 Å². The van der Waals surface area contributed by atoms with Gasteiger partial charge < -0.3 is 24.8 Å². The van der Waals surface area contributed by atoms with Gasteiger partial charge in [-0.1, -0.05) is 18.7 Å². The van der Waals surface area contributed by atoms with Crippen molar-refractivity contribution >= 4 is 28.4 Å². The van der Waals surface area contributed by atoms with E-state index in [1.165, 1.54) is 11.2 Å². The number of nitrogens with one attached hydrogen (secondary N) is 2. The number of carbonyl (C=O) groups is 1. The van der Waals surface area contributed by atoms with E-state index in [1.807, 2.05) is 6.07 Å². The molecule has 0 spiro atoms. The van der Waals surface area contributed by atoms with Crippen molar-refractivity contribution < 1.29 is 22.7 Å². The van der Waals surface area contributed by atoms with E-state index >= 15 is 0 Å². The van der Waals surface area contributed by atoms with Gasteiger partial charge in [0.05, 0.1) is 18.6 Å². The summed E-state index contributed by atoms with van der Waals surface area (Å²) in [6, 6.07) is 7.04. The quantitative estimate of drug-likeness (QED) is 0.479. The number of hydrogen-bond donors (Lipinski definition) is 2. The third-order valence-corrected chi connectivity index (χ3v) is 7.00. The van der Waals surface area contributed by atoms with Crippen LogP contribution in [0.2, 0.25) is 0 Å². The molecule has 0 radical (unpaired) electrons. The monoisotopic (exact) mass is 514 g/mol. The summed E-state index contributed by atoms with van der Waals surface area (Å²) in [7, 11) is 0. The molecule has 2 saturated heterocycles. The Balaban J connectivity index is 1.34. The molecular formula is C26H29F3N6O2. The van der Waals surface area contributed by atoms with E-state index in [0.29, 0.717) is 43.9 Å². The number of aromatic amines is 1. The number of nitrogens with zero attached hydrogens (tertiary/aromatic N) is 4. The van der Waals surface area contributed by atoms with Crippen molar-refractivity contribution in [3.63, 3.8) is 0 Å². The predicted octanol–water partition coefficient (Wildman–Crippen LogP) is 4.23. The topological polar surface area (TPSA) is 86.4 Å². The molecule has 0 unspecified atom stereocenters. The van der Waals surface area contributed by atoms with E-state index in [4.69, 9.17) is 4.74 Å². The number of carbonyl (C=O) groups excluding carboxylic acids is 1. The molecule has 37 heavy (non-hydrogen) atoms. The first-order chi connectivity index (χ1) is 17.8. The van der Waals surface area contributed by atoms with Gasteiger partial charge in [0.25, 0.3) is 0 Å². The zero-order valence-electron chi connectivity index (χ0n) is 20.3. The molecule has 11 heteroatoms. The maximum Gasteiger partial charge on any atom is 0.408 e. The SMILES string of the molecule is C=CC(=O)N1CCC[C@@H]([C@H](Nc2ccc(-c3cc4c(N5CCOCC5)ncnc4[nH]3)cc2)C(F)(F)F)C1. The van der Waals surface area contributed by atoms with Gasteiger partial charge in [-0.25, -0.2) is 9.97 Å². The summed E-state index contributed by atoms with van der Waals surface area (Å²) >= 11 is 0. The van der Waals surface area contributed by atoms with Gasteiger partial charge in [0, 0.05) is 43.5 Å². The van der Waals surface area contributed by atoms with Crippen LogP contribution < -0.4 is 10.2 Å². The summed E-state index contributed by atoms with van der Waals surface area (Å²) in [6.07, 6.45) is -0.885. The fourth-order valence-corrected chi connectivity index (χ4v) is 5.11. The van der Waals surface area contributed by atoms with Crippen LogP contribution in [0.5, 0.6) is 0 Å². The second-order valence-corrected chi connectivity index (χ2v) is 9.37. The molecule has 2 N–H and O–H groups in total. The van der Waals surface area contributed by atoms with E-state index < -0.39 is 18.1 Å². The van der Waals surface area contributed by atoms with Crippen LogP contribution in [-0.4, -0.2) is 77.4 Å². The van der Waals surface area contributed by atoms with Gasteiger partial charge in [-0.2, -0.15) is 13.2 Å². The molecule has 2 aliphatic heterocycles. The number of likely N-dealkylation sites (tertiary alicyclic amines) is 1. The molecule has 8 nitrogen and oxygen atoms in total. The summed E-state index contributed by atoms with van der Waals surface area (Å²) in [4.78, 5) is 27.7. The summed E-state index contributed by atoms with van der Waals surface area (Å²) < 4.78 is 47.6. The Morgan fingerprint density at radius 2 is 1.95 bits per heavy atom. The normalized spacial score (nSPS) is 19.6. The lowest BCUT2D eigenvalue weighted by molar-refractivity contribution is -0.159. The second kappa shape index (κ2) is 10.4. The number of rotatable bonds is 6. The predicted molar refractivity (Wildman–Crippen MR) is 135 cm³/mol. The number of H-pyrrole nitrogens is 1. The highest BCUT2D eigenvalue weighted by molar-refractivity contribution is 5.92. The Morgan fingerprint density at radius 1 is 1.19 bits per heavy atom. The van der Waals surface area contributed by atoms with Crippen LogP contribution in [0, 0.1) is 5.92 Å². The minimum Gasteiger partial charge on any atom is -0.378 e. The largest absolute Gasteiger partial charge is 0.408 e. The molecule has 5 rings (SSSR count). The average molecular weight is 515 g/mol. The van der Waals surface area contributed by atoms with E-state index in [-0.39, 0.29) is 12.5 Å². The number of fused-ring (bicyclic) bond motifs is 1. The summed E-state index contributed by atoms with van der Waals surface area (Å²) in [5.74, 6) is -0.253. The van der Waals surface area contributed by atoms with Crippen molar-refractivity contribution in [2.75, 3.05) is 49.6 Å². The van der Waals surface area contributed by atoms with Gasteiger partial charge in [-0.15, -0.1) is 0 Å². The lowest BCUT2D eigenvalue weighted by Gasteiger charge is -2.38. The Bertz CT molecular complexity index is 1250. The highest BCUT2D eigenvalue weighted by atomic mass is 19.4. The van der Waals surface area contributed by atoms with Gasteiger partial charge in [0.1, 0.15) is 23.8 Å². The van der Waals surface area contributed by atoms with E-state index in [1.54, 1.807) is 24.3 Å². The smallest absolute Gasteiger partial charge is 0.378 e.